The monoisotopic (exact) mass is 391 g/mol. The van der Waals surface area contributed by atoms with Gasteiger partial charge in [0.1, 0.15) is 11.5 Å². The number of fused-ring (bicyclic) bond motifs is 2. The van der Waals surface area contributed by atoms with Crippen LogP contribution in [0.3, 0.4) is 0 Å². The third kappa shape index (κ3) is 3.16. The zero-order valence-corrected chi connectivity index (χ0v) is 16.1. The molecule has 1 fully saturated rings. The number of nitrogens with zero attached hydrogens (tertiary/aromatic N) is 3. The summed E-state index contributed by atoms with van der Waals surface area (Å²) in [4.78, 5) is 19.6. The molecule has 1 saturated heterocycles. The number of carbonyl (C=O) groups is 1. The van der Waals surface area contributed by atoms with Gasteiger partial charge in [-0.05, 0) is 24.3 Å². The molecule has 29 heavy (non-hydrogen) atoms. The molecule has 0 bridgehead atoms. The first-order valence-corrected chi connectivity index (χ1v) is 9.61. The molecule has 2 aromatic heterocycles. The number of aromatic nitrogens is 3. The van der Waals surface area contributed by atoms with Crippen LogP contribution in [0.15, 0.2) is 36.2 Å². The van der Waals surface area contributed by atoms with Gasteiger partial charge in [-0.3, -0.25) is 14.8 Å². The van der Waals surface area contributed by atoms with Crippen molar-refractivity contribution in [2.75, 3.05) is 33.3 Å². The van der Waals surface area contributed by atoms with Gasteiger partial charge in [-0.25, -0.2) is 4.98 Å². The second-order valence-corrected chi connectivity index (χ2v) is 7.10. The molecule has 8 nitrogen and oxygen atoms in total. The molecule has 2 aliphatic rings. The highest BCUT2D eigenvalue weighted by Crippen LogP contribution is 2.40. The molecule has 0 radical (unpaired) electrons. The number of carbonyl (C=O) groups excluding carboxylic acids is 1. The van der Waals surface area contributed by atoms with Crippen LogP contribution < -0.4 is 14.8 Å². The molecule has 3 aromatic rings. The fraction of sp³-hybridized carbons (Fsp3) is 0.286. The summed E-state index contributed by atoms with van der Waals surface area (Å²) in [6, 6.07) is 7.35. The van der Waals surface area contributed by atoms with Crippen molar-refractivity contribution < 1.29 is 14.3 Å². The van der Waals surface area contributed by atoms with Gasteiger partial charge in [-0.15, -0.1) is 0 Å². The molecular formula is C21H21N5O3. The van der Waals surface area contributed by atoms with Crippen molar-refractivity contribution >= 4 is 22.9 Å². The van der Waals surface area contributed by atoms with Gasteiger partial charge in [-0.1, -0.05) is 0 Å². The van der Waals surface area contributed by atoms with E-state index in [-0.39, 0.29) is 11.5 Å². The van der Waals surface area contributed by atoms with Crippen LogP contribution in [0.1, 0.15) is 21.6 Å². The minimum absolute atomic E-state index is 0.149. The first-order valence-electron chi connectivity index (χ1n) is 9.61. The third-order valence-corrected chi connectivity index (χ3v) is 5.34. The molecule has 0 amide bonds. The number of aromatic amines is 1. The van der Waals surface area contributed by atoms with E-state index in [9.17, 15) is 4.79 Å². The van der Waals surface area contributed by atoms with Crippen LogP contribution in [0.5, 0.6) is 11.5 Å². The summed E-state index contributed by atoms with van der Waals surface area (Å²) in [6.45, 7) is 4.44. The maximum atomic E-state index is 13.0. The van der Waals surface area contributed by atoms with Crippen LogP contribution in [0.25, 0.3) is 17.1 Å². The number of rotatable bonds is 4. The molecular weight excluding hydrogens is 370 g/mol. The first kappa shape index (κ1) is 17.8. The lowest BCUT2D eigenvalue weighted by atomic mass is 10.0. The summed E-state index contributed by atoms with van der Waals surface area (Å²) in [6.07, 6.45) is 3.36. The first-order chi connectivity index (χ1) is 14.2. The zero-order chi connectivity index (χ0) is 19.8. The Kier molecular flexibility index (Phi) is 4.49. The van der Waals surface area contributed by atoms with E-state index in [1.165, 1.54) is 0 Å². The predicted molar refractivity (Wildman–Crippen MR) is 108 cm³/mol. The molecule has 1 aromatic carbocycles. The second kappa shape index (κ2) is 7.31. The molecule has 8 heteroatoms. The van der Waals surface area contributed by atoms with Gasteiger partial charge in [0.05, 0.1) is 23.9 Å². The van der Waals surface area contributed by atoms with Crippen molar-refractivity contribution in [3.63, 3.8) is 0 Å². The summed E-state index contributed by atoms with van der Waals surface area (Å²) in [5, 5.41) is 11.3. The van der Waals surface area contributed by atoms with Crippen molar-refractivity contribution in [2.24, 2.45) is 0 Å². The molecule has 148 valence electrons. The quantitative estimate of drug-likeness (QED) is 0.657. The Hall–Kier alpha value is -3.23. The predicted octanol–water partition coefficient (Wildman–Crippen LogP) is 1.99. The summed E-state index contributed by atoms with van der Waals surface area (Å²) in [7, 11) is 1.64. The fourth-order valence-electron chi connectivity index (χ4n) is 3.83. The van der Waals surface area contributed by atoms with Crippen molar-refractivity contribution in [2.45, 2.75) is 6.54 Å². The topological polar surface area (TPSA) is 92.4 Å². The van der Waals surface area contributed by atoms with Gasteiger partial charge in [0.25, 0.3) is 0 Å². The van der Waals surface area contributed by atoms with Gasteiger partial charge in [0, 0.05) is 50.4 Å². The van der Waals surface area contributed by atoms with Crippen molar-refractivity contribution in [1.82, 2.24) is 25.4 Å². The van der Waals surface area contributed by atoms with Crippen LogP contribution >= 0.6 is 0 Å². The van der Waals surface area contributed by atoms with Crippen molar-refractivity contribution in [3.8, 4) is 11.5 Å². The molecule has 2 N–H and O–H groups in total. The fourth-order valence-corrected chi connectivity index (χ4v) is 3.83. The summed E-state index contributed by atoms with van der Waals surface area (Å²) in [5.74, 6) is 1.42. The Balaban J connectivity index is 1.52. The maximum absolute atomic E-state index is 13.0. The van der Waals surface area contributed by atoms with E-state index in [1.54, 1.807) is 25.4 Å². The number of hydrogen-bond acceptors (Lipinski definition) is 7. The highest BCUT2D eigenvalue weighted by molar-refractivity contribution is 6.15. The molecule has 0 aliphatic carbocycles. The molecule has 2 aliphatic heterocycles. The van der Waals surface area contributed by atoms with E-state index in [4.69, 9.17) is 9.47 Å². The molecule has 5 rings (SSSR count). The molecule has 0 unspecified atom stereocenters. The van der Waals surface area contributed by atoms with Crippen molar-refractivity contribution in [3.05, 3.63) is 53.0 Å². The van der Waals surface area contributed by atoms with Gasteiger partial charge >= 0.3 is 0 Å². The standard InChI is InChI=1S/C21H21N5O3/c1-28-17-5-4-14-19(27)18(11-16-13-3-2-6-23-21(13)25-24-16)29-20(14)15(17)12-26-9-7-22-8-10-26/h2-6,11,22H,7-10,12H2,1H3,(H,23,24,25)/b18-11-. The molecule has 0 spiro atoms. The average molecular weight is 391 g/mol. The summed E-state index contributed by atoms with van der Waals surface area (Å²) in [5.41, 5.74) is 2.75. The Morgan fingerprint density at radius 1 is 1.28 bits per heavy atom. The largest absolute Gasteiger partial charge is 0.496 e. The van der Waals surface area contributed by atoms with Crippen LogP contribution in [0.4, 0.5) is 0 Å². The highest BCUT2D eigenvalue weighted by Gasteiger charge is 2.32. The van der Waals surface area contributed by atoms with E-state index in [2.05, 4.69) is 25.4 Å². The number of ketones is 1. The number of nitrogens with one attached hydrogen (secondary N) is 2. The number of pyridine rings is 1. The van der Waals surface area contributed by atoms with Crippen LogP contribution in [-0.4, -0.2) is 59.2 Å². The Morgan fingerprint density at radius 2 is 2.14 bits per heavy atom. The zero-order valence-electron chi connectivity index (χ0n) is 16.1. The van der Waals surface area contributed by atoms with Crippen molar-refractivity contribution in [1.29, 1.82) is 0 Å². The van der Waals surface area contributed by atoms with Crippen LogP contribution in [-0.2, 0) is 6.54 Å². The SMILES string of the molecule is COc1ccc2c(c1CN1CCNCC1)O/C(=C\c1n[nH]c3ncccc13)C2=O. The normalized spacial score (nSPS) is 18.2. The highest BCUT2D eigenvalue weighted by atomic mass is 16.5. The lowest BCUT2D eigenvalue weighted by Crippen LogP contribution is -2.43. The van der Waals surface area contributed by atoms with Gasteiger partial charge in [0.2, 0.25) is 5.78 Å². The van der Waals surface area contributed by atoms with Gasteiger partial charge in [-0.2, -0.15) is 5.10 Å². The number of Topliss-reactive ketones (excluding diaryl/α,β-unsaturated/α-hetero) is 1. The number of benzene rings is 1. The number of methoxy groups -OCH3 is 1. The minimum atomic E-state index is -0.149. The number of piperazine rings is 1. The number of hydrogen-bond donors (Lipinski definition) is 2. The maximum Gasteiger partial charge on any atom is 0.232 e. The van der Waals surface area contributed by atoms with E-state index in [0.717, 1.165) is 42.9 Å². The van der Waals surface area contributed by atoms with Gasteiger partial charge < -0.3 is 14.8 Å². The van der Waals surface area contributed by atoms with Crippen LogP contribution in [0, 0.1) is 0 Å². The van der Waals surface area contributed by atoms with E-state index >= 15 is 0 Å². The molecule has 0 atom stereocenters. The number of ether oxygens (including phenoxy) is 2. The molecule has 4 heterocycles. The van der Waals surface area contributed by atoms with E-state index < -0.39 is 0 Å². The molecule has 0 saturated carbocycles. The minimum Gasteiger partial charge on any atom is -0.496 e. The lowest BCUT2D eigenvalue weighted by molar-refractivity contribution is 0.101. The smallest absolute Gasteiger partial charge is 0.232 e. The Morgan fingerprint density at radius 3 is 2.97 bits per heavy atom. The number of allylic oxidation sites excluding steroid dienone is 1. The van der Waals surface area contributed by atoms with E-state index in [0.29, 0.717) is 29.2 Å². The Bertz CT molecular complexity index is 1110. The average Bonchev–Trinajstić information content (AvgIpc) is 3.31. The summed E-state index contributed by atoms with van der Waals surface area (Å²) >= 11 is 0. The summed E-state index contributed by atoms with van der Waals surface area (Å²) < 4.78 is 11.6. The Labute approximate surface area is 167 Å². The third-order valence-electron chi connectivity index (χ3n) is 5.34. The second-order valence-electron chi connectivity index (χ2n) is 7.10. The van der Waals surface area contributed by atoms with Crippen LogP contribution in [0.2, 0.25) is 0 Å². The lowest BCUT2D eigenvalue weighted by Gasteiger charge is -2.28. The number of H-pyrrole nitrogens is 1. The van der Waals surface area contributed by atoms with E-state index in [1.807, 2.05) is 18.2 Å². The van der Waals surface area contributed by atoms with Gasteiger partial charge in [0.15, 0.2) is 11.4 Å².